The van der Waals surface area contributed by atoms with Gasteiger partial charge in [0.05, 0.1) is 16.6 Å². The van der Waals surface area contributed by atoms with Gasteiger partial charge in [-0.15, -0.1) is 0 Å². The first-order chi connectivity index (χ1) is 10.9. The standard InChI is InChI=1S/C17H14F4N2/c1-2-9-23-15-8-5-12(17(19,20)21)10-14(15)22-16(23)11-3-6-13(18)7-4-11/h3-8,10H,2,9H2,1H3. The topological polar surface area (TPSA) is 17.8 Å². The van der Waals surface area contributed by atoms with Crippen molar-refractivity contribution in [1.29, 1.82) is 0 Å². The molecule has 0 saturated carbocycles. The summed E-state index contributed by atoms with van der Waals surface area (Å²) in [5.74, 6) is 0.174. The number of alkyl halides is 3. The Labute approximate surface area is 130 Å². The molecule has 2 nitrogen and oxygen atoms in total. The maximum atomic E-state index is 13.1. The minimum absolute atomic E-state index is 0.285. The number of aryl methyl sites for hydroxylation is 1. The van der Waals surface area contributed by atoms with E-state index in [-0.39, 0.29) is 11.3 Å². The van der Waals surface area contributed by atoms with Crippen LogP contribution in [0.3, 0.4) is 0 Å². The highest BCUT2D eigenvalue weighted by atomic mass is 19.4. The summed E-state index contributed by atoms with van der Waals surface area (Å²) in [6.07, 6.45) is -3.60. The Hall–Kier alpha value is -2.37. The van der Waals surface area contributed by atoms with Crippen molar-refractivity contribution in [1.82, 2.24) is 9.55 Å². The van der Waals surface area contributed by atoms with Gasteiger partial charge >= 0.3 is 6.18 Å². The summed E-state index contributed by atoms with van der Waals surface area (Å²) in [6, 6.07) is 9.33. The zero-order chi connectivity index (χ0) is 16.6. The zero-order valence-electron chi connectivity index (χ0n) is 12.4. The van der Waals surface area contributed by atoms with Gasteiger partial charge in [-0.05, 0) is 48.9 Å². The molecule has 120 valence electrons. The number of hydrogen-bond acceptors (Lipinski definition) is 1. The molecule has 0 aliphatic heterocycles. The van der Waals surface area contributed by atoms with Crippen molar-refractivity contribution < 1.29 is 17.6 Å². The van der Waals surface area contributed by atoms with Gasteiger partial charge in [0.2, 0.25) is 0 Å². The minimum atomic E-state index is -4.40. The van der Waals surface area contributed by atoms with Crippen LogP contribution in [-0.4, -0.2) is 9.55 Å². The molecular weight excluding hydrogens is 308 g/mol. The van der Waals surface area contributed by atoms with Gasteiger partial charge in [0.15, 0.2) is 0 Å². The molecule has 3 rings (SSSR count). The molecule has 0 N–H and O–H groups in total. The molecule has 0 amide bonds. The summed E-state index contributed by atoms with van der Waals surface area (Å²) in [5.41, 5.74) is 0.869. The third-order valence-electron chi connectivity index (χ3n) is 3.63. The molecule has 6 heteroatoms. The second-order valence-electron chi connectivity index (χ2n) is 5.30. The summed E-state index contributed by atoms with van der Waals surface area (Å²) >= 11 is 0. The molecule has 3 aromatic rings. The minimum Gasteiger partial charge on any atom is -0.324 e. The van der Waals surface area contributed by atoms with Crippen LogP contribution in [0, 0.1) is 5.82 Å². The highest BCUT2D eigenvalue weighted by Gasteiger charge is 2.31. The molecule has 1 heterocycles. The molecule has 0 fully saturated rings. The quantitative estimate of drug-likeness (QED) is 0.601. The number of rotatable bonds is 3. The van der Waals surface area contributed by atoms with E-state index in [4.69, 9.17) is 0 Å². The average molecular weight is 322 g/mol. The van der Waals surface area contributed by atoms with Crippen LogP contribution in [0.4, 0.5) is 17.6 Å². The average Bonchev–Trinajstić information content (AvgIpc) is 2.86. The Morgan fingerprint density at radius 3 is 2.35 bits per heavy atom. The SMILES string of the molecule is CCCn1c(-c2ccc(F)cc2)nc2cc(C(F)(F)F)ccc21. The van der Waals surface area contributed by atoms with Crippen LogP contribution >= 0.6 is 0 Å². The van der Waals surface area contributed by atoms with Gasteiger partial charge in [-0.1, -0.05) is 6.92 Å². The Morgan fingerprint density at radius 2 is 1.74 bits per heavy atom. The Kier molecular flexibility index (Phi) is 3.83. The second-order valence-corrected chi connectivity index (χ2v) is 5.30. The summed E-state index contributed by atoms with van der Waals surface area (Å²) < 4.78 is 53.5. The molecule has 0 bridgehead atoms. The molecule has 0 unspecified atom stereocenters. The van der Waals surface area contributed by atoms with E-state index in [0.29, 0.717) is 23.4 Å². The number of nitrogens with zero attached hydrogens (tertiary/aromatic N) is 2. The van der Waals surface area contributed by atoms with Gasteiger partial charge in [0.1, 0.15) is 11.6 Å². The lowest BCUT2D eigenvalue weighted by atomic mass is 10.2. The van der Waals surface area contributed by atoms with Gasteiger partial charge in [-0.3, -0.25) is 0 Å². The zero-order valence-corrected chi connectivity index (χ0v) is 12.4. The van der Waals surface area contributed by atoms with E-state index in [2.05, 4.69) is 4.98 Å². The van der Waals surface area contributed by atoms with Crippen molar-refractivity contribution in [3.05, 3.63) is 53.8 Å². The fourth-order valence-corrected chi connectivity index (χ4v) is 2.58. The molecule has 0 atom stereocenters. The lowest BCUT2D eigenvalue weighted by Crippen LogP contribution is -2.04. The van der Waals surface area contributed by atoms with Gasteiger partial charge in [0.25, 0.3) is 0 Å². The van der Waals surface area contributed by atoms with Crippen molar-refractivity contribution in [2.24, 2.45) is 0 Å². The van der Waals surface area contributed by atoms with E-state index < -0.39 is 11.7 Å². The molecule has 23 heavy (non-hydrogen) atoms. The number of aromatic nitrogens is 2. The smallest absolute Gasteiger partial charge is 0.324 e. The molecule has 1 aromatic heterocycles. The Balaban J connectivity index is 2.20. The monoisotopic (exact) mass is 322 g/mol. The Morgan fingerprint density at radius 1 is 1.04 bits per heavy atom. The molecule has 2 aromatic carbocycles. The van der Waals surface area contributed by atoms with Crippen molar-refractivity contribution in [2.45, 2.75) is 26.1 Å². The summed E-state index contributed by atoms with van der Waals surface area (Å²) in [4.78, 5) is 4.35. The van der Waals surface area contributed by atoms with E-state index in [1.165, 1.54) is 18.2 Å². The van der Waals surface area contributed by atoms with Crippen LogP contribution in [0.5, 0.6) is 0 Å². The lowest BCUT2D eigenvalue weighted by molar-refractivity contribution is -0.137. The van der Waals surface area contributed by atoms with Crippen LogP contribution in [0.25, 0.3) is 22.4 Å². The van der Waals surface area contributed by atoms with Crippen LogP contribution in [-0.2, 0) is 12.7 Å². The number of imidazole rings is 1. The highest BCUT2D eigenvalue weighted by molar-refractivity contribution is 5.81. The highest BCUT2D eigenvalue weighted by Crippen LogP contribution is 2.33. The first-order valence-electron chi connectivity index (χ1n) is 7.23. The van der Waals surface area contributed by atoms with Crippen molar-refractivity contribution in [3.8, 4) is 11.4 Å². The van der Waals surface area contributed by atoms with E-state index in [0.717, 1.165) is 18.6 Å². The lowest BCUT2D eigenvalue weighted by Gasteiger charge is -2.09. The van der Waals surface area contributed by atoms with E-state index >= 15 is 0 Å². The number of halogens is 4. The van der Waals surface area contributed by atoms with Crippen molar-refractivity contribution in [2.75, 3.05) is 0 Å². The normalized spacial score (nSPS) is 12.0. The van der Waals surface area contributed by atoms with Crippen LogP contribution < -0.4 is 0 Å². The fourth-order valence-electron chi connectivity index (χ4n) is 2.58. The molecule has 0 radical (unpaired) electrons. The molecule has 0 spiro atoms. The predicted octanol–water partition coefficient (Wildman–Crippen LogP) is 5.27. The number of benzene rings is 2. The van der Waals surface area contributed by atoms with Gasteiger partial charge < -0.3 is 4.57 Å². The molecule has 0 aliphatic rings. The number of hydrogen-bond donors (Lipinski definition) is 0. The largest absolute Gasteiger partial charge is 0.416 e. The first kappa shape index (κ1) is 15.5. The third kappa shape index (κ3) is 2.93. The summed E-state index contributed by atoms with van der Waals surface area (Å²) in [6.45, 7) is 2.60. The van der Waals surface area contributed by atoms with Gasteiger partial charge in [0, 0.05) is 12.1 Å². The molecule has 0 saturated heterocycles. The third-order valence-corrected chi connectivity index (χ3v) is 3.63. The maximum absolute atomic E-state index is 13.1. The summed E-state index contributed by atoms with van der Waals surface area (Å²) in [5, 5.41) is 0. The molecular formula is C17H14F4N2. The van der Waals surface area contributed by atoms with Crippen LogP contribution in [0.1, 0.15) is 18.9 Å². The maximum Gasteiger partial charge on any atom is 0.416 e. The predicted molar refractivity (Wildman–Crippen MR) is 80.4 cm³/mol. The van der Waals surface area contributed by atoms with E-state index in [9.17, 15) is 17.6 Å². The fraction of sp³-hybridized carbons (Fsp3) is 0.235. The second kappa shape index (κ2) is 5.68. The van der Waals surface area contributed by atoms with Gasteiger partial charge in [-0.25, -0.2) is 9.37 Å². The van der Waals surface area contributed by atoms with Crippen molar-refractivity contribution >= 4 is 11.0 Å². The van der Waals surface area contributed by atoms with E-state index in [1.54, 1.807) is 12.1 Å². The van der Waals surface area contributed by atoms with Gasteiger partial charge in [-0.2, -0.15) is 13.2 Å². The van der Waals surface area contributed by atoms with Crippen LogP contribution in [0.15, 0.2) is 42.5 Å². The molecule has 0 aliphatic carbocycles. The van der Waals surface area contributed by atoms with E-state index in [1.807, 2.05) is 11.5 Å². The van der Waals surface area contributed by atoms with Crippen molar-refractivity contribution in [3.63, 3.8) is 0 Å². The van der Waals surface area contributed by atoms with Crippen LogP contribution in [0.2, 0.25) is 0 Å². The summed E-state index contributed by atoms with van der Waals surface area (Å²) in [7, 11) is 0. The first-order valence-corrected chi connectivity index (χ1v) is 7.23. The number of fused-ring (bicyclic) bond motifs is 1. The Bertz CT molecular complexity index is 832.